The number of fused-ring (bicyclic) bond motifs is 1. The van der Waals surface area contributed by atoms with Crippen LogP contribution in [0.1, 0.15) is 36.3 Å². The van der Waals surface area contributed by atoms with E-state index in [1.807, 2.05) is 13.0 Å². The van der Waals surface area contributed by atoms with Gasteiger partial charge in [-0.2, -0.15) is 0 Å². The van der Waals surface area contributed by atoms with Gasteiger partial charge >= 0.3 is 0 Å². The first-order valence-electron chi connectivity index (χ1n) is 7.08. The summed E-state index contributed by atoms with van der Waals surface area (Å²) >= 11 is 0. The van der Waals surface area contributed by atoms with Crippen molar-refractivity contribution in [3.63, 3.8) is 0 Å². The van der Waals surface area contributed by atoms with Crippen LogP contribution in [0.4, 0.5) is 5.69 Å². The molecule has 108 valence electrons. The Bertz CT molecular complexity index is 694. The fourth-order valence-corrected chi connectivity index (χ4v) is 2.58. The molecule has 0 aromatic carbocycles. The number of carbonyl (C=O) groups excluding carboxylic acids is 1. The van der Waals surface area contributed by atoms with Crippen LogP contribution < -0.4 is 9.64 Å². The van der Waals surface area contributed by atoms with Gasteiger partial charge in [0.25, 0.3) is 5.91 Å². The summed E-state index contributed by atoms with van der Waals surface area (Å²) in [6, 6.07) is 3.96. The minimum atomic E-state index is -0.101. The summed E-state index contributed by atoms with van der Waals surface area (Å²) < 4.78 is 7.41. The highest BCUT2D eigenvalue weighted by Crippen LogP contribution is 2.36. The van der Waals surface area contributed by atoms with Crippen molar-refractivity contribution in [1.82, 2.24) is 20.0 Å². The van der Waals surface area contributed by atoms with E-state index in [2.05, 4.69) is 15.3 Å². The second-order valence-corrected chi connectivity index (χ2v) is 5.47. The summed E-state index contributed by atoms with van der Waals surface area (Å²) in [6.45, 7) is 2.42. The summed E-state index contributed by atoms with van der Waals surface area (Å²) in [6.07, 6.45) is 5.22. The summed E-state index contributed by atoms with van der Waals surface area (Å²) in [7, 11) is 0. The summed E-state index contributed by atoms with van der Waals surface area (Å²) in [5, 5.41) is 7.93. The molecule has 0 radical (unpaired) electrons. The van der Waals surface area contributed by atoms with Gasteiger partial charge in [0.15, 0.2) is 0 Å². The number of nitrogens with zero attached hydrogens (tertiary/aromatic N) is 5. The molecule has 0 bridgehead atoms. The van der Waals surface area contributed by atoms with Crippen molar-refractivity contribution in [2.75, 3.05) is 11.4 Å². The predicted octanol–water partition coefficient (Wildman–Crippen LogP) is 1.44. The Morgan fingerprint density at radius 1 is 1.43 bits per heavy atom. The van der Waals surface area contributed by atoms with Crippen molar-refractivity contribution in [2.24, 2.45) is 0 Å². The molecular weight excluding hydrogens is 270 g/mol. The molecular formula is C14H15N5O2. The van der Waals surface area contributed by atoms with Crippen molar-refractivity contribution in [3.05, 3.63) is 30.2 Å². The van der Waals surface area contributed by atoms with Crippen LogP contribution in [0.5, 0.6) is 5.88 Å². The molecule has 1 amide bonds. The Morgan fingerprint density at radius 3 is 3.10 bits per heavy atom. The van der Waals surface area contributed by atoms with Crippen molar-refractivity contribution in [3.8, 4) is 5.88 Å². The van der Waals surface area contributed by atoms with Crippen LogP contribution in [0.25, 0.3) is 0 Å². The first-order chi connectivity index (χ1) is 10.2. The highest BCUT2D eigenvalue weighted by Gasteiger charge is 2.34. The third-order valence-corrected chi connectivity index (χ3v) is 3.73. The summed E-state index contributed by atoms with van der Waals surface area (Å²) in [4.78, 5) is 18.8. The van der Waals surface area contributed by atoms with Gasteiger partial charge in [-0.3, -0.25) is 9.69 Å². The van der Waals surface area contributed by atoms with Crippen molar-refractivity contribution < 1.29 is 9.53 Å². The van der Waals surface area contributed by atoms with Crippen LogP contribution in [-0.2, 0) is 0 Å². The van der Waals surface area contributed by atoms with E-state index in [1.54, 1.807) is 21.8 Å². The van der Waals surface area contributed by atoms with Gasteiger partial charge in [-0.05, 0) is 31.9 Å². The minimum Gasteiger partial charge on any atom is -0.471 e. The van der Waals surface area contributed by atoms with E-state index in [0.29, 0.717) is 29.8 Å². The fourth-order valence-electron chi connectivity index (χ4n) is 2.58. The largest absolute Gasteiger partial charge is 0.471 e. The molecule has 1 unspecified atom stereocenters. The molecule has 3 heterocycles. The van der Waals surface area contributed by atoms with Gasteiger partial charge in [-0.15, -0.1) is 5.10 Å². The van der Waals surface area contributed by atoms with Crippen LogP contribution in [0.15, 0.2) is 24.5 Å². The van der Waals surface area contributed by atoms with Gasteiger partial charge in [0, 0.05) is 6.20 Å². The molecule has 1 atom stereocenters. The number of rotatable bonds is 2. The Hall–Kier alpha value is -2.44. The second kappa shape index (κ2) is 4.54. The molecule has 0 spiro atoms. The molecule has 2 aliphatic rings. The lowest BCUT2D eigenvalue weighted by Gasteiger charge is -2.32. The van der Waals surface area contributed by atoms with Crippen LogP contribution in [0, 0.1) is 0 Å². The van der Waals surface area contributed by atoms with E-state index in [-0.39, 0.29) is 12.0 Å². The standard InChI is InChI=1S/C14H15N5O2/c1-9-8-18(11-3-2-6-15-13(11)21-9)14(20)12-7-16-17-19(12)10-4-5-10/h2-3,6-7,9-10H,4-5,8H2,1H3. The van der Waals surface area contributed by atoms with Crippen LogP contribution in [0.3, 0.4) is 0 Å². The zero-order chi connectivity index (χ0) is 14.4. The van der Waals surface area contributed by atoms with Crippen LogP contribution in [-0.4, -0.2) is 38.5 Å². The van der Waals surface area contributed by atoms with E-state index in [0.717, 1.165) is 12.8 Å². The quantitative estimate of drug-likeness (QED) is 0.834. The first kappa shape index (κ1) is 12.3. The van der Waals surface area contributed by atoms with E-state index in [9.17, 15) is 4.79 Å². The minimum absolute atomic E-state index is 0.0957. The van der Waals surface area contributed by atoms with Crippen molar-refractivity contribution in [2.45, 2.75) is 31.9 Å². The number of hydrogen-bond acceptors (Lipinski definition) is 5. The third-order valence-electron chi connectivity index (χ3n) is 3.73. The van der Waals surface area contributed by atoms with E-state index < -0.39 is 0 Å². The highest BCUT2D eigenvalue weighted by molar-refractivity contribution is 6.05. The Kier molecular flexibility index (Phi) is 2.66. The summed E-state index contributed by atoms with van der Waals surface area (Å²) in [5.41, 5.74) is 1.23. The maximum absolute atomic E-state index is 12.9. The molecule has 21 heavy (non-hydrogen) atoms. The zero-order valence-electron chi connectivity index (χ0n) is 11.6. The lowest BCUT2D eigenvalue weighted by atomic mass is 10.2. The Balaban J connectivity index is 1.72. The van der Waals surface area contributed by atoms with E-state index in [4.69, 9.17) is 4.74 Å². The average Bonchev–Trinajstić information content (AvgIpc) is 3.22. The van der Waals surface area contributed by atoms with Gasteiger partial charge in [-0.25, -0.2) is 9.67 Å². The van der Waals surface area contributed by atoms with E-state index >= 15 is 0 Å². The van der Waals surface area contributed by atoms with Crippen LogP contribution in [0.2, 0.25) is 0 Å². The molecule has 1 aliphatic carbocycles. The van der Waals surface area contributed by atoms with E-state index in [1.165, 1.54) is 6.20 Å². The number of aromatic nitrogens is 4. The number of carbonyl (C=O) groups is 1. The third kappa shape index (κ3) is 2.05. The maximum atomic E-state index is 12.9. The molecule has 1 fully saturated rings. The lowest BCUT2D eigenvalue weighted by Crippen LogP contribution is -2.43. The van der Waals surface area contributed by atoms with Gasteiger partial charge in [0.2, 0.25) is 5.88 Å². The van der Waals surface area contributed by atoms with Gasteiger partial charge < -0.3 is 4.74 Å². The molecule has 2 aromatic heterocycles. The first-order valence-corrected chi connectivity index (χ1v) is 7.08. The molecule has 1 saturated carbocycles. The smallest absolute Gasteiger partial charge is 0.278 e. The second-order valence-electron chi connectivity index (χ2n) is 5.47. The summed E-state index contributed by atoms with van der Waals surface area (Å²) in [5.74, 6) is 0.395. The normalized spacial score (nSPS) is 20.8. The number of hydrogen-bond donors (Lipinski definition) is 0. The maximum Gasteiger partial charge on any atom is 0.278 e. The predicted molar refractivity (Wildman–Crippen MR) is 74.3 cm³/mol. The van der Waals surface area contributed by atoms with Crippen molar-refractivity contribution in [1.29, 1.82) is 0 Å². The molecule has 4 rings (SSSR count). The Labute approximate surface area is 121 Å². The average molecular weight is 285 g/mol. The van der Waals surface area contributed by atoms with Crippen LogP contribution >= 0.6 is 0 Å². The Morgan fingerprint density at radius 2 is 2.29 bits per heavy atom. The lowest BCUT2D eigenvalue weighted by molar-refractivity contribution is 0.0948. The molecule has 2 aromatic rings. The number of pyridine rings is 1. The number of ether oxygens (including phenoxy) is 1. The molecule has 7 heteroatoms. The molecule has 7 nitrogen and oxygen atoms in total. The number of anilines is 1. The highest BCUT2D eigenvalue weighted by atomic mass is 16.5. The molecule has 0 N–H and O–H groups in total. The van der Waals surface area contributed by atoms with Gasteiger partial charge in [-0.1, -0.05) is 5.21 Å². The van der Waals surface area contributed by atoms with Gasteiger partial charge in [0.1, 0.15) is 17.5 Å². The number of amides is 1. The fraction of sp³-hybridized carbons (Fsp3) is 0.429. The zero-order valence-corrected chi connectivity index (χ0v) is 11.6. The molecule has 0 saturated heterocycles. The SMILES string of the molecule is CC1CN(C(=O)c2cnnn2C2CC2)c2cccnc2O1. The van der Waals surface area contributed by atoms with Crippen molar-refractivity contribution >= 4 is 11.6 Å². The topological polar surface area (TPSA) is 73.1 Å². The van der Waals surface area contributed by atoms with Gasteiger partial charge in [0.05, 0.1) is 18.8 Å². The monoisotopic (exact) mass is 285 g/mol. The molecule has 1 aliphatic heterocycles.